The molecule has 0 unspecified atom stereocenters. The molecule has 0 N–H and O–H groups in total. The predicted molar refractivity (Wildman–Crippen MR) is 153 cm³/mol. The molecule has 0 spiro atoms. The normalized spacial score (nSPS) is 10.4. The molecule has 0 saturated heterocycles. The van der Waals surface area contributed by atoms with E-state index < -0.39 is 0 Å². The van der Waals surface area contributed by atoms with Crippen LogP contribution in [-0.4, -0.2) is 12.3 Å². The second-order valence-electron chi connectivity index (χ2n) is 9.50. The van der Waals surface area contributed by atoms with Crippen LogP contribution in [0.1, 0.15) is 76.3 Å². The van der Waals surface area contributed by atoms with Gasteiger partial charge in [-0.15, -0.1) is 68.8 Å². The van der Waals surface area contributed by atoms with Gasteiger partial charge in [0.05, 0.1) is 0 Å². The molecule has 0 aliphatic rings. The van der Waals surface area contributed by atoms with Gasteiger partial charge in [-0.2, -0.15) is 18.2 Å². The van der Waals surface area contributed by atoms with Crippen molar-refractivity contribution in [3.8, 4) is 0 Å². The molecule has 194 valence electrons. The van der Waals surface area contributed by atoms with E-state index in [2.05, 4.69) is 94.4 Å². The molecule has 0 bridgehead atoms. The van der Waals surface area contributed by atoms with Gasteiger partial charge in [-0.25, -0.2) is 0 Å². The Labute approximate surface area is 253 Å². The molecular weight excluding hydrogens is 577 g/mol. The van der Waals surface area contributed by atoms with Crippen molar-refractivity contribution in [3.05, 3.63) is 77.9 Å². The Balaban J connectivity index is 0.000000743. The Bertz CT molecular complexity index is 1020. The van der Waals surface area contributed by atoms with Crippen LogP contribution in [0.3, 0.4) is 0 Å². The molecule has 0 fully saturated rings. The van der Waals surface area contributed by atoms with Crippen LogP contribution < -0.4 is 30.1 Å². The van der Waals surface area contributed by atoms with E-state index in [4.69, 9.17) is 0 Å². The second-order valence-corrected chi connectivity index (χ2v) is 12.0. The second kappa shape index (κ2) is 19.6. The number of unbranched alkanes of at least 4 members (excludes halogenated alkanes) is 6. The summed E-state index contributed by atoms with van der Waals surface area (Å²) in [7, 11) is 0.0642. The fourth-order valence-corrected chi connectivity index (χ4v) is 7.28. The first-order valence-electron chi connectivity index (χ1n) is 13.2. The molecule has 0 radical (unpaired) electrons. The zero-order valence-corrected chi connectivity index (χ0v) is 27.5. The maximum absolute atomic E-state index is 2.47. The van der Waals surface area contributed by atoms with Gasteiger partial charge in [0.25, 0.3) is 0 Å². The molecule has 36 heavy (non-hydrogen) atoms. The summed E-state index contributed by atoms with van der Waals surface area (Å²) >= 11 is 0. The minimum absolute atomic E-state index is 0. The largest absolute Gasteiger partial charge is 4.00 e. The molecule has 0 aliphatic heterocycles. The van der Waals surface area contributed by atoms with Crippen LogP contribution in [0.5, 0.6) is 0 Å². The van der Waals surface area contributed by atoms with E-state index in [0.29, 0.717) is 0 Å². The fraction of sp³-hybridized carbons (Fsp3) is 0.438. The van der Waals surface area contributed by atoms with Gasteiger partial charge >= 0.3 is 26.2 Å². The molecule has 4 rings (SSSR count). The number of rotatable bonds is 11. The monoisotopic (exact) mass is 618 g/mol. The molecular formula is C32H43Cl2PZr. The van der Waals surface area contributed by atoms with E-state index >= 15 is 0 Å². The molecule has 0 aromatic heterocycles. The van der Waals surface area contributed by atoms with Crippen molar-refractivity contribution in [1.29, 1.82) is 0 Å². The third kappa shape index (κ3) is 10.7. The summed E-state index contributed by atoms with van der Waals surface area (Å²) in [5, 5.41) is 7.32. The van der Waals surface area contributed by atoms with E-state index in [9.17, 15) is 0 Å². The van der Waals surface area contributed by atoms with Crippen molar-refractivity contribution in [3.63, 3.8) is 0 Å². The van der Waals surface area contributed by atoms with E-state index in [1.165, 1.54) is 96.4 Å². The molecule has 4 aromatic rings. The Morgan fingerprint density at radius 2 is 1.33 bits per heavy atom. The van der Waals surface area contributed by atoms with E-state index in [0.717, 1.165) is 0 Å². The maximum Gasteiger partial charge on any atom is 4.00 e. The van der Waals surface area contributed by atoms with E-state index in [1.54, 1.807) is 5.30 Å². The molecule has 0 amide bonds. The summed E-state index contributed by atoms with van der Waals surface area (Å²) in [5.41, 5.74) is 2.74. The molecule has 0 atom stereocenters. The summed E-state index contributed by atoms with van der Waals surface area (Å²) in [6.45, 7) is 8.92. The molecule has 0 saturated carbocycles. The Kier molecular flexibility index (Phi) is 19.4. The first kappa shape index (κ1) is 35.6. The number of aryl methyl sites for hydroxylation is 2. The minimum atomic E-state index is 0. The van der Waals surface area contributed by atoms with Gasteiger partial charge in [0.15, 0.2) is 0 Å². The van der Waals surface area contributed by atoms with Crippen LogP contribution in [0.25, 0.3) is 21.5 Å². The molecule has 4 aromatic carbocycles. The predicted octanol–water partition coefficient (Wildman–Crippen LogP) is 4.01. The van der Waals surface area contributed by atoms with Crippen LogP contribution >= 0.6 is 7.92 Å². The van der Waals surface area contributed by atoms with Crippen LogP contribution in [0, 0.1) is 13.8 Å². The van der Waals surface area contributed by atoms with Gasteiger partial charge in [-0.1, -0.05) is 84.9 Å². The van der Waals surface area contributed by atoms with E-state index in [1.807, 2.05) is 0 Å². The molecule has 4 heteroatoms. The van der Waals surface area contributed by atoms with Crippen molar-refractivity contribution in [2.24, 2.45) is 0 Å². The standard InChI is InChI=1S/C21H32P.C11H11.2ClH.Zr/c1-3-5-7-11-15-22(16-12-8-6-4-2)21-17-19-13-9-10-14-20(19)18-21;1-8-6-7-9(2)11-5-3-4-10(8)11;;;/h9-10,13-14,17-18H,3-8,11-12,15-16H2,1-2H3;3-7H,1-2H3;2*1H;/q2*-1;;;+4/p-2. The van der Waals surface area contributed by atoms with Gasteiger partial charge < -0.3 is 24.8 Å². The van der Waals surface area contributed by atoms with Crippen LogP contribution in [0.2, 0.25) is 0 Å². The minimum Gasteiger partial charge on any atom is -1.00 e. The van der Waals surface area contributed by atoms with Crippen molar-refractivity contribution in [2.75, 3.05) is 12.3 Å². The van der Waals surface area contributed by atoms with Crippen LogP contribution in [-0.2, 0) is 26.2 Å². The Morgan fingerprint density at radius 3 is 1.92 bits per heavy atom. The third-order valence-electron chi connectivity index (χ3n) is 6.78. The average Bonchev–Trinajstić information content (AvgIpc) is 3.49. The number of benzene rings is 2. The summed E-state index contributed by atoms with van der Waals surface area (Å²) in [5.74, 6) is 0. The van der Waals surface area contributed by atoms with Crippen molar-refractivity contribution in [1.82, 2.24) is 0 Å². The summed E-state index contributed by atoms with van der Waals surface area (Å²) < 4.78 is 0. The van der Waals surface area contributed by atoms with Crippen molar-refractivity contribution in [2.45, 2.75) is 79.1 Å². The van der Waals surface area contributed by atoms with Gasteiger partial charge in [0, 0.05) is 0 Å². The van der Waals surface area contributed by atoms with E-state index in [-0.39, 0.29) is 58.9 Å². The number of fused-ring (bicyclic) bond motifs is 2. The first-order chi connectivity index (χ1) is 16.1. The van der Waals surface area contributed by atoms with Crippen molar-refractivity contribution >= 4 is 34.8 Å². The summed E-state index contributed by atoms with van der Waals surface area (Å²) in [6, 6.07) is 24.6. The summed E-state index contributed by atoms with van der Waals surface area (Å²) in [4.78, 5) is 0. The van der Waals surface area contributed by atoms with Crippen molar-refractivity contribution < 1.29 is 51.0 Å². The average molecular weight is 621 g/mol. The van der Waals surface area contributed by atoms with Crippen LogP contribution in [0.15, 0.2) is 66.7 Å². The number of hydrogen-bond acceptors (Lipinski definition) is 0. The van der Waals surface area contributed by atoms with Gasteiger partial charge in [0.1, 0.15) is 0 Å². The first-order valence-corrected chi connectivity index (χ1v) is 14.9. The smallest absolute Gasteiger partial charge is 1.00 e. The quantitative estimate of drug-likeness (QED) is 0.135. The fourth-order valence-electron chi connectivity index (χ4n) is 4.68. The number of halogens is 2. The maximum atomic E-state index is 2.47. The molecule has 0 aliphatic carbocycles. The van der Waals surface area contributed by atoms with Gasteiger partial charge in [-0.3, -0.25) is 0 Å². The Morgan fingerprint density at radius 1 is 0.722 bits per heavy atom. The number of hydrogen-bond donors (Lipinski definition) is 0. The molecule has 0 heterocycles. The third-order valence-corrected chi connectivity index (χ3v) is 9.48. The van der Waals surface area contributed by atoms with Crippen LogP contribution in [0.4, 0.5) is 0 Å². The Hall–Kier alpha value is -0.447. The topological polar surface area (TPSA) is 0 Å². The zero-order chi connectivity index (χ0) is 23.5. The van der Waals surface area contributed by atoms with Gasteiger partial charge in [0.2, 0.25) is 0 Å². The van der Waals surface area contributed by atoms with Gasteiger partial charge in [-0.05, 0) is 32.1 Å². The molecule has 0 nitrogen and oxygen atoms in total. The summed E-state index contributed by atoms with van der Waals surface area (Å²) in [6.07, 6.45) is 14.1. The SMILES string of the molecule is CCCCCCP(CCCCCC)c1cc2ccccc2[cH-]1.Cc1ccc(C)c2[cH-]ccc12.[Cl-].[Cl-].[Zr+4]. The zero-order valence-electron chi connectivity index (χ0n) is 22.6.